The minimum atomic E-state index is -1.20. The lowest BCUT2D eigenvalue weighted by Gasteiger charge is -2.25. The molecule has 1 aromatic heterocycles. The first kappa shape index (κ1) is 26.7. The van der Waals surface area contributed by atoms with E-state index < -0.39 is 35.7 Å². The number of amides is 2. The molecule has 2 amide bonds. The number of ether oxygens (including phenoxy) is 1. The summed E-state index contributed by atoms with van der Waals surface area (Å²) in [5.41, 5.74) is 9.68. The van der Waals surface area contributed by atoms with Crippen molar-refractivity contribution in [2.45, 2.75) is 71.6 Å². The first-order valence-corrected chi connectivity index (χ1v) is 10.4. The van der Waals surface area contributed by atoms with Gasteiger partial charge in [0.2, 0.25) is 5.89 Å². The monoisotopic (exact) mass is 454 g/mol. The highest BCUT2D eigenvalue weighted by Gasteiger charge is 2.29. The van der Waals surface area contributed by atoms with E-state index in [9.17, 15) is 19.5 Å². The molecule has 0 aliphatic rings. The number of nitrogens with one attached hydrogen (secondary N) is 2. The van der Waals surface area contributed by atoms with Gasteiger partial charge in [-0.25, -0.2) is 14.6 Å². The standard InChI is InChI=1S/C20H34N6O6/c1-6-11(2)14(26-19(30)32-20(3,4)5)16-25-13(10-31-16)15(27)24-12(17(28)29)8-7-9-23-18(21)22/h10-12,14H,6-9H2,1-5H3,(H,24,27)(H,26,30)(H,28,29)(H4,21,22,23)/t11?,12-,14?/m0/s1. The number of oxazole rings is 1. The number of carbonyl (C=O) groups is 3. The number of nitrogens with two attached hydrogens (primary N) is 2. The predicted octanol–water partition coefficient (Wildman–Crippen LogP) is 1.52. The molecule has 0 aliphatic carbocycles. The third kappa shape index (κ3) is 9.23. The van der Waals surface area contributed by atoms with Gasteiger partial charge in [-0.15, -0.1) is 0 Å². The van der Waals surface area contributed by atoms with Gasteiger partial charge in [0.15, 0.2) is 11.7 Å². The maximum absolute atomic E-state index is 12.5. The quantitative estimate of drug-likeness (QED) is 0.187. The van der Waals surface area contributed by atoms with E-state index in [0.29, 0.717) is 12.8 Å². The van der Waals surface area contributed by atoms with E-state index in [1.807, 2.05) is 13.8 Å². The van der Waals surface area contributed by atoms with Gasteiger partial charge in [0.05, 0.1) is 0 Å². The second kappa shape index (κ2) is 11.9. The first-order chi connectivity index (χ1) is 14.8. The van der Waals surface area contributed by atoms with Gasteiger partial charge in [-0.3, -0.25) is 9.79 Å². The molecule has 180 valence electrons. The van der Waals surface area contributed by atoms with Crippen LogP contribution in [-0.2, 0) is 9.53 Å². The molecule has 0 spiro atoms. The average molecular weight is 455 g/mol. The fourth-order valence-corrected chi connectivity index (χ4v) is 2.65. The Morgan fingerprint density at radius 1 is 1.28 bits per heavy atom. The molecule has 0 aromatic carbocycles. The molecular formula is C20H34N6O6. The van der Waals surface area contributed by atoms with Crippen molar-refractivity contribution in [1.82, 2.24) is 15.6 Å². The number of aliphatic carboxylic acids is 1. The molecule has 1 aromatic rings. The van der Waals surface area contributed by atoms with Crippen molar-refractivity contribution in [2.24, 2.45) is 22.4 Å². The Balaban J connectivity index is 2.88. The molecule has 1 rings (SSSR count). The lowest BCUT2D eigenvalue weighted by molar-refractivity contribution is -0.139. The summed E-state index contributed by atoms with van der Waals surface area (Å²) in [4.78, 5) is 44.1. The van der Waals surface area contributed by atoms with Crippen LogP contribution in [0.5, 0.6) is 0 Å². The first-order valence-electron chi connectivity index (χ1n) is 10.4. The number of rotatable bonds is 11. The largest absolute Gasteiger partial charge is 0.480 e. The normalized spacial score (nSPS) is 14.0. The summed E-state index contributed by atoms with van der Waals surface area (Å²) in [6.45, 7) is 9.30. The number of nitrogens with zero attached hydrogens (tertiary/aromatic N) is 2. The molecule has 0 radical (unpaired) electrons. The van der Waals surface area contributed by atoms with Crippen LogP contribution in [0.2, 0.25) is 0 Å². The molecule has 7 N–H and O–H groups in total. The number of carboxylic acids is 1. The Morgan fingerprint density at radius 3 is 2.47 bits per heavy atom. The van der Waals surface area contributed by atoms with E-state index in [2.05, 4.69) is 20.6 Å². The van der Waals surface area contributed by atoms with Crippen LogP contribution in [0.3, 0.4) is 0 Å². The van der Waals surface area contributed by atoms with E-state index in [1.165, 1.54) is 0 Å². The van der Waals surface area contributed by atoms with Crippen molar-refractivity contribution in [3.05, 3.63) is 17.8 Å². The van der Waals surface area contributed by atoms with Crippen molar-refractivity contribution in [3.63, 3.8) is 0 Å². The molecule has 0 aliphatic heterocycles. The molecule has 0 saturated heterocycles. The Kier molecular flexibility index (Phi) is 9.95. The van der Waals surface area contributed by atoms with Gasteiger partial charge in [-0.2, -0.15) is 0 Å². The molecule has 0 bridgehead atoms. The van der Waals surface area contributed by atoms with E-state index in [0.717, 1.165) is 6.26 Å². The number of carboxylic acid groups (broad SMARTS) is 1. The van der Waals surface area contributed by atoms with Gasteiger partial charge in [0.1, 0.15) is 23.9 Å². The highest BCUT2D eigenvalue weighted by molar-refractivity contribution is 5.94. The minimum Gasteiger partial charge on any atom is -0.480 e. The lowest BCUT2D eigenvalue weighted by Crippen LogP contribution is -2.41. The Hall–Kier alpha value is -3.31. The predicted molar refractivity (Wildman–Crippen MR) is 117 cm³/mol. The zero-order chi connectivity index (χ0) is 24.5. The number of hydrogen-bond acceptors (Lipinski definition) is 7. The van der Waals surface area contributed by atoms with E-state index in [4.69, 9.17) is 20.6 Å². The third-order valence-corrected chi connectivity index (χ3v) is 4.45. The Bertz CT molecular complexity index is 812. The molecule has 1 heterocycles. The topological polar surface area (TPSA) is 195 Å². The summed E-state index contributed by atoms with van der Waals surface area (Å²) in [6.07, 6.45) is 1.66. The van der Waals surface area contributed by atoms with Crippen LogP contribution in [0.4, 0.5) is 4.79 Å². The number of hydrogen-bond donors (Lipinski definition) is 5. The Labute approximate surface area is 187 Å². The summed E-state index contributed by atoms with van der Waals surface area (Å²) in [5, 5.41) is 14.5. The molecule has 3 atom stereocenters. The van der Waals surface area contributed by atoms with Gasteiger partial charge in [0, 0.05) is 6.54 Å². The lowest BCUT2D eigenvalue weighted by atomic mass is 9.99. The molecule has 12 heteroatoms. The van der Waals surface area contributed by atoms with E-state index in [-0.39, 0.29) is 36.4 Å². The SMILES string of the molecule is CCC(C)C(NC(=O)OC(C)(C)C)c1nc(C(=O)N[C@@H](CCCN=C(N)N)C(=O)O)co1. The molecular weight excluding hydrogens is 420 g/mol. The fourth-order valence-electron chi connectivity index (χ4n) is 2.65. The Morgan fingerprint density at radius 2 is 1.94 bits per heavy atom. The van der Waals surface area contributed by atoms with Crippen LogP contribution in [-0.4, -0.2) is 52.2 Å². The number of alkyl carbamates (subject to hydrolysis) is 1. The van der Waals surface area contributed by atoms with Crippen molar-refractivity contribution in [2.75, 3.05) is 6.54 Å². The van der Waals surface area contributed by atoms with Gasteiger partial charge in [-0.1, -0.05) is 20.3 Å². The van der Waals surface area contributed by atoms with Gasteiger partial charge >= 0.3 is 12.1 Å². The van der Waals surface area contributed by atoms with E-state index >= 15 is 0 Å². The summed E-state index contributed by atoms with van der Waals surface area (Å²) < 4.78 is 10.7. The van der Waals surface area contributed by atoms with Gasteiger partial charge in [-0.05, 0) is 39.5 Å². The van der Waals surface area contributed by atoms with Crippen LogP contribution in [0, 0.1) is 5.92 Å². The number of carbonyl (C=O) groups excluding carboxylic acids is 2. The van der Waals surface area contributed by atoms with Gasteiger partial charge in [0.25, 0.3) is 5.91 Å². The highest BCUT2D eigenvalue weighted by Crippen LogP contribution is 2.24. The van der Waals surface area contributed by atoms with Crippen LogP contribution in [0.25, 0.3) is 0 Å². The second-order valence-corrected chi connectivity index (χ2v) is 8.39. The minimum absolute atomic E-state index is 0.0700. The fraction of sp³-hybridized carbons (Fsp3) is 0.650. The summed E-state index contributed by atoms with van der Waals surface area (Å²) in [6, 6.07) is -1.78. The second-order valence-electron chi connectivity index (χ2n) is 8.39. The van der Waals surface area contributed by atoms with Crippen molar-refractivity contribution >= 4 is 23.9 Å². The van der Waals surface area contributed by atoms with Crippen molar-refractivity contribution < 1.29 is 28.6 Å². The maximum atomic E-state index is 12.5. The summed E-state index contributed by atoms with van der Waals surface area (Å²) in [7, 11) is 0. The third-order valence-electron chi connectivity index (χ3n) is 4.45. The summed E-state index contributed by atoms with van der Waals surface area (Å²) >= 11 is 0. The molecule has 0 saturated carbocycles. The number of aromatic nitrogens is 1. The summed E-state index contributed by atoms with van der Waals surface area (Å²) in [5.74, 6) is -1.95. The van der Waals surface area contributed by atoms with Crippen LogP contribution in [0.1, 0.15) is 76.3 Å². The van der Waals surface area contributed by atoms with E-state index in [1.54, 1.807) is 20.8 Å². The van der Waals surface area contributed by atoms with Crippen LogP contribution < -0.4 is 22.1 Å². The zero-order valence-corrected chi connectivity index (χ0v) is 19.2. The molecule has 0 fully saturated rings. The van der Waals surface area contributed by atoms with Crippen molar-refractivity contribution in [1.29, 1.82) is 0 Å². The zero-order valence-electron chi connectivity index (χ0n) is 19.2. The number of guanidine groups is 1. The van der Waals surface area contributed by atoms with Gasteiger partial charge < -0.3 is 36.4 Å². The molecule has 32 heavy (non-hydrogen) atoms. The smallest absolute Gasteiger partial charge is 0.408 e. The number of aliphatic imine (C=N–C) groups is 1. The molecule has 2 unspecified atom stereocenters. The highest BCUT2D eigenvalue weighted by atomic mass is 16.6. The van der Waals surface area contributed by atoms with Crippen LogP contribution in [0.15, 0.2) is 15.7 Å². The van der Waals surface area contributed by atoms with Crippen LogP contribution >= 0.6 is 0 Å². The maximum Gasteiger partial charge on any atom is 0.408 e. The van der Waals surface area contributed by atoms with Crippen molar-refractivity contribution in [3.8, 4) is 0 Å². The molecule has 12 nitrogen and oxygen atoms in total. The average Bonchev–Trinajstić information content (AvgIpc) is 3.16.